The maximum Gasteiger partial charge on any atom is 0.193 e. The standard InChI is InChI=1S/C21H28N4O2/c1-26-16-19-8-4-5-9-20(19)24-21(22)23-14-17-6-2-3-7-18(17)15-25-10-12-27-13-11-25/h2-9H,10-16H2,1H3,(H3,22,23,24). The van der Waals surface area contributed by atoms with Crippen LogP contribution in [0, 0.1) is 0 Å². The third-order valence-electron chi connectivity index (χ3n) is 4.62. The fourth-order valence-electron chi connectivity index (χ4n) is 3.14. The van der Waals surface area contributed by atoms with E-state index in [0.29, 0.717) is 19.1 Å². The molecule has 0 aliphatic carbocycles. The lowest BCUT2D eigenvalue weighted by Gasteiger charge is -2.27. The van der Waals surface area contributed by atoms with E-state index >= 15 is 0 Å². The molecule has 6 heteroatoms. The summed E-state index contributed by atoms with van der Waals surface area (Å²) in [5.41, 5.74) is 10.6. The second kappa shape index (κ2) is 10.1. The first-order valence-corrected chi connectivity index (χ1v) is 9.27. The minimum absolute atomic E-state index is 0.403. The van der Waals surface area contributed by atoms with E-state index < -0.39 is 0 Å². The summed E-state index contributed by atoms with van der Waals surface area (Å²) < 4.78 is 10.7. The Balaban J connectivity index is 1.65. The van der Waals surface area contributed by atoms with Crippen LogP contribution in [-0.2, 0) is 29.2 Å². The number of rotatable bonds is 7. The molecule has 0 unspecified atom stereocenters. The third kappa shape index (κ3) is 5.79. The summed E-state index contributed by atoms with van der Waals surface area (Å²) >= 11 is 0. The number of aliphatic imine (C=N–C) groups is 1. The van der Waals surface area contributed by atoms with E-state index in [2.05, 4.69) is 33.4 Å². The van der Waals surface area contributed by atoms with E-state index in [1.54, 1.807) is 7.11 Å². The zero-order valence-electron chi connectivity index (χ0n) is 15.9. The highest BCUT2D eigenvalue weighted by Crippen LogP contribution is 2.16. The van der Waals surface area contributed by atoms with Gasteiger partial charge in [-0.2, -0.15) is 0 Å². The summed E-state index contributed by atoms with van der Waals surface area (Å²) in [7, 11) is 1.68. The molecule has 6 nitrogen and oxygen atoms in total. The van der Waals surface area contributed by atoms with E-state index in [-0.39, 0.29) is 0 Å². The molecule has 2 aromatic rings. The summed E-state index contributed by atoms with van der Waals surface area (Å²) in [6, 6.07) is 16.3. The lowest BCUT2D eigenvalue weighted by Crippen LogP contribution is -2.35. The smallest absolute Gasteiger partial charge is 0.193 e. The first-order valence-electron chi connectivity index (χ1n) is 9.27. The average molecular weight is 368 g/mol. The number of methoxy groups -OCH3 is 1. The predicted octanol–water partition coefficient (Wildman–Crippen LogP) is 2.59. The molecule has 1 fully saturated rings. The van der Waals surface area contributed by atoms with Gasteiger partial charge in [-0.25, -0.2) is 4.99 Å². The van der Waals surface area contributed by atoms with E-state index in [4.69, 9.17) is 15.2 Å². The Morgan fingerprint density at radius 1 is 1.07 bits per heavy atom. The molecule has 0 aromatic heterocycles. The van der Waals surface area contributed by atoms with Gasteiger partial charge in [0.1, 0.15) is 0 Å². The number of hydrogen-bond donors (Lipinski definition) is 2. The molecule has 1 saturated heterocycles. The van der Waals surface area contributed by atoms with Crippen molar-refractivity contribution in [3.05, 3.63) is 65.2 Å². The van der Waals surface area contributed by atoms with Crippen molar-refractivity contribution in [2.75, 3.05) is 38.7 Å². The summed E-state index contributed by atoms with van der Waals surface area (Å²) in [6.45, 7) is 5.54. The van der Waals surface area contributed by atoms with Crippen molar-refractivity contribution in [3.8, 4) is 0 Å². The molecule has 27 heavy (non-hydrogen) atoms. The summed E-state index contributed by atoms with van der Waals surface area (Å²) in [6.07, 6.45) is 0. The van der Waals surface area contributed by atoms with Gasteiger partial charge in [-0.1, -0.05) is 42.5 Å². The molecule has 0 spiro atoms. The van der Waals surface area contributed by atoms with Crippen LogP contribution in [0.3, 0.4) is 0 Å². The monoisotopic (exact) mass is 368 g/mol. The van der Waals surface area contributed by atoms with Gasteiger partial charge >= 0.3 is 0 Å². The van der Waals surface area contributed by atoms with Crippen molar-refractivity contribution in [2.45, 2.75) is 19.7 Å². The minimum atomic E-state index is 0.403. The number of nitrogens with two attached hydrogens (primary N) is 1. The Morgan fingerprint density at radius 2 is 1.74 bits per heavy atom. The fraction of sp³-hybridized carbons (Fsp3) is 0.381. The molecular weight excluding hydrogens is 340 g/mol. The van der Waals surface area contributed by atoms with Crippen LogP contribution in [0.1, 0.15) is 16.7 Å². The van der Waals surface area contributed by atoms with Gasteiger partial charge < -0.3 is 20.5 Å². The normalized spacial score (nSPS) is 15.7. The van der Waals surface area contributed by atoms with E-state index in [1.807, 2.05) is 30.3 Å². The molecule has 1 aliphatic rings. The first-order chi connectivity index (χ1) is 13.3. The highest BCUT2D eigenvalue weighted by atomic mass is 16.5. The molecule has 2 aromatic carbocycles. The summed E-state index contributed by atoms with van der Waals surface area (Å²) in [5.74, 6) is 0.403. The van der Waals surface area contributed by atoms with Crippen molar-refractivity contribution in [2.24, 2.45) is 10.7 Å². The van der Waals surface area contributed by atoms with Crippen LogP contribution in [-0.4, -0.2) is 44.3 Å². The fourth-order valence-corrected chi connectivity index (χ4v) is 3.14. The molecule has 0 amide bonds. The zero-order valence-corrected chi connectivity index (χ0v) is 15.9. The van der Waals surface area contributed by atoms with Crippen molar-refractivity contribution in [3.63, 3.8) is 0 Å². The number of morpholine rings is 1. The van der Waals surface area contributed by atoms with Crippen LogP contribution < -0.4 is 11.1 Å². The lowest BCUT2D eigenvalue weighted by atomic mass is 10.1. The molecule has 3 N–H and O–H groups in total. The molecule has 144 valence electrons. The predicted molar refractivity (Wildman–Crippen MR) is 109 cm³/mol. The Labute approximate surface area is 161 Å². The van der Waals surface area contributed by atoms with Gasteiger partial charge in [-0.3, -0.25) is 4.90 Å². The molecule has 0 saturated carbocycles. The SMILES string of the molecule is COCc1ccccc1NC(N)=NCc1ccccc1CN1CCOCC1. The molecule has 0 radical (unpaired) electrons. The minimum Gasteiger partial charge on any atom is -0.380 e. The number of ether oxygens (including phenoxy) is 2. The van der Waals surface area contributed by atoms with E-state index in [9.17, 15) is 0 Å². The first kappa shape index (κ1) is 19.4. The number of para-hydroxylation sites is 1. The van der Waals surface area contributed by atoms with Crippen molar-refractivity contribution < 1.29 is 9.47 Å². The van der Waals surface area contributed by atoms with Crippen LogP contribution in [0.4, 0.5) is 5.69 Å². The van der Waals surface area contributed by atoms with E-state index in [0.717, 1.165) is 44.1 Å². The lowest BCUT2D eigenvalue weighted by molar-refractivity contribution is 0.0341. The van der Waals surface area contributed by atoms with Gasteiger partial charge in [-0.15, -0.1) is 0 Å². The highest BCUT2D eigenvalue weighted by molar-refractivity contribution is 5.92. The molecule has 1 heterocycles. The largest absolute Gasteiger partial charge is 0.380 e. The molecule has 0 atom stereocenters. The number of benzene rings is 2. The Hall–Kier alpha value is -2.41. The number of nitrogens with one attached hydrogen (secondary N) is 1. The van der Waals surface area contributed by atoms with Gasteiger partial charge in [-0.05, 0) is 17.2 Å². The van der Waals surface area contributed by atoms with Crippen molar-refractivity contribution >= 4 is 11.6 Å². The number of hydrogen-bond acceptors (Lipinski definition) is 4. The van der Waals surface area contributed by atoms with Crippen LogP contribution in [0.2, 0.25) is 0 Å². The van der Waals surface area contributed by atoms with E-state index in [1.165, 1.54) is 11.1 Å². The average Bonchev–Trinajstić information content (AvgIpc) is 2.70. The van der Waals surface area contributed by atoms with Gasteiger partial charge in [0.2, 0.25) is 0 Å². The molecule has 0 bridgehead atoms. The van der Waals surface area contributed by atoms with Crippen LogP contribution in [0.25, 0.3) is 0 Å². The second-order valence-corrected chi connectivity index (χ2v) is 6.57. The summed E-state index contributed by atoms with van der Waals surface area (Å²) in [4.78, 5) is 6.96. The Bertz CT molecular complexity index is 757. The van der Waals surface area contributed by atoms with Gasteiger partial charge in [0.25, 0.3) is 0 Å². The van der Waals surface area contributed by atoms with Crippen molar-refractivity contribution in [1.29, 1.82) is 0 Å². The second-order valence-electron chi connectivity index (χ2n) is 6.57. The Morgan fingerprint density at radius 3 is 2.48 bits per heavy atom. The zero-order chi connectivity index (χ0) is 18.9. The molecular formula is C21H28N4O2. The number of guanidine groups is 1. The van der Waals surface area contributed by atoms with Gasteiger partial charge in [0, 0.05) is 38.0 Å². The van der Waals surface area contributed by atoms with Crippen LogP contribution in [0.15, 0.2) is 53.5 Å². The molecule has 1 aliphatic heterocycles. The van der Waals surface area contributed by atoms with Crippen molar-refractivity contribution in [1.82, 2.24) is 4.90 Å². The highest BCUT2D eigenvalue weighted by Gasteiger charge is 2.12. The van der Waals surface area contributed by atoms with Gasteiger partial charge in [0.05, 0.1) is 26.4 Å². The topological polar surface area (TPSA) is 72.1 Å². The van der Waals surface area contributed by atoms with Crippen LogP contribution in [0.5, 0.6) is 0 Å². The number of nitrogens with zero attached hydrogens (tertiary/aromatic N) is 2. The summed E-state index contributed by atoms with van der Waals surface area (Å²) in [5, 5.41) is 3.19. The number of anilines is 1. The quantitative estimate of drug-likeness (QED) is 0.581. The maximum absolute atomic E-state index is 6.12. The third-order valence-corrected chi connectivity index (χ3v) is 4.62. The van der Waals surface area contributed by atoms with Gasteiger partial charge in [0.15, 0.2) is 5.96 Å². The maximum atomic E-state index is 6.12. The Kier molecular flexibility index (Phi) is 7.21. The molecule has 3 rings (SSSR count). The van der Waals surface area contributed by atoms with Crippen LogP contribution >= 0.6 is 0 Å².